The lowest BCUT2D eigenvalue weighted by Gasteiger charge is -2.48. The van der Waals surface area contributed by atoms with Crippen LogP contribution in [0.25, 0.3) is 0 Å². The zero-order valence-corrected chi connectivity index (χ0v) is 14.9. The number of amides is 1. The fraction of sp³-hybridized carbons (Fsp3) is 0.611. The molecule has 0 aromatic heterocycles. The van der Waals surface area contributed by atoms with Gasteiger partial charge < -0.3 is 14.5 Å². The molecule has 1 atom stereocenters. The van der Waals surface area contributed by atoms with E-state index in [-0.39, 0.29) is 6.04 Å². The Balaban J connectivity index is 1.72. The summed E-state index contributed by atoms with van der Waals surface area (Å²) in [5.41, 5.74) is 2.17. The molecule has 2 bridgehead atoms. The summed E-state index contributed by atoms with van der Waals surface area (Å²) in [6.45, 7) is 4.10. The Morgan fingerprint density at radius 3 is 2.78 bits per heavy atom. The number of fused-ring (bicyclic) bond motifs is 4. The van der Waals surface area contributed by atoms with Gasteiger partial charge in [-0.2, -0.15) is 0 Å². The molecule has 124 valence electrons. The molecule has 1 aromatic carbocycles. The molecule has 1 amide bonds. The van der Waals surface area contributed by atoms with Crippen molar-refractivity contribution in [2.75, 3.05) is 31.1 Å². The van der Waals surface area contributed by atoms with Gasteiger partial charge in [0.2, 0.25) is 6.41 Å². The number of hydrogen-bond acceptors (Lipinski definition) is 3. The van der Waals surface area contributed by atoms with Crippen LogP contribution in [0.1, 0.15) is 31.2 Å². The number of nitrogens with zero attached hydrogens (tertiary/aromatic N) is 2. The number of benzene rings is 1. The number of aryl methyl sites for hydroxylation is 1. The minimum atomic E-state index is 0.278. The Labute approximate surface area is 145 Å². The number of carbonyl (C=O) groups excluding carboxylic acids is 1. The smallest absolute Gasteiger partial charge is 0.214 e. The van der Waals surface area contributed by atoms with Gasteiger partial charge in [-0.15, -0.1) is 0 Å². The molecule has 0 aliphatic carbocycles. The van der Waals surface area contributed by atoms with Gasteiger partial charge in [0.05, 0.1) is 18.3 Å². The van der Waals surface area contributed by atoms with Gasteiger partial charge >= 0.3 is 0 Å². The van der Waals surface area contributed by atoms with Gasteiger partial charge in [0.15, 0.2) is 0 Å². The molecule has 1 unspecified atom stereocenters. The summed E-state index contributed by atoms with van der Waals surface area (Å²) in [5.74, 6) is 1.54. The normalized spacial score (nSPS) is 29.3. The number of carbonyl (C=O) groups is 1. The molecule has 4 aliphatic heterocycles. The van der Waals surface area contributed by atoms with Crippen LogP contribution in [0.5, 0.6) is 5.75 Å². The van der Waals surface area contributed by atoms with E-state index in [1.54, 1.807) is 0 Å². The third-order valence-corrected chi connectivity index (χ3v) is 6.03. The Morgan fingerprint density at radius 2 is 2.09 bits per heavy atom. The topological polar surface area (TPSA) is 32.8 Å². The summed E-state index contributed by atoms with van der Waals surface area (Å²) in [7, 11) is 0. The maximum absolute atomic E-state index is 12.0. The summed E-state index contributed by atoms with van der Waals surface area (Å²) in [5, 5.41) is 0. The number of ether oxygens (including phenoxy) is 1. The van der Waals surface area contributed by atoms with E-state index in [1.165, 1.54) is 31.5 Å². The molecule has 0 saturated carbocycles. The molecule has 23 heavy (non-hydrogen) atoms. The van der Waals surface area contributed by atoms with Crippen LogP contribution < -0.4 is 9.64 Å². The first-order chi connectivity index (χ1) is 11.3. The van der Waals surface area contributed by atoms with Crippen molar-refractivity contribution in [2.24, 2.45) is 5.92 Å². The van der Waals surface area contributed by atoms with E-state index in [0.29, 0.717) is 5.92 Å². The number of anilines is 1. The average molecular weight is 379 g/mol. The van der Waals surface area contributed by atoms with Crippen LogP contribution in [0.15, 0.2) is 16.6 Å². The molecule has 4 heterocycles. The molecule has 5 heteroatoms. The minimum absolute atomic E-state index is 0.278. The molecule has 1 aromatic rings. The van der Waals surface area contributed by atoms with E-state index in [4.69, 9.17) is 4.74 Å². The van der Waals surface area contributed by atoms with Gasteiger partial charge in [-0.3, -0.25) is 4.79 Å². The van der Waals surface area contributed by atoms with Crippen LogP contribution in [-0.2, 0) is 11.2 Å². The van der Waals surface area contributed by atoms with Crippen molar-refractivity contribution in [3.8, 4) is 5.75 Å². The van der Waals surface area contributed by atoms with E-state index in [9.17, 15) is 4.79 Å². The number of rotatable bonds is 3. The predicted octanol–water partition coefficient (Wildman–Crippen LogP) is 3.22. The van der Waals surface area contributed by atoms with Crippen molar-refractivity contribution in [3.05, 3.63) is 22.2 Å². The van der Waals surface area contributed by atoms with Crippen molar-refractivity contribution < 1.29 is 9.53 Å². The second-order valence-electron chi connectivity index (χ2n) is 6.94. The van der Waals surface area contributed by atoms with E-state index in [1.807, 2.05) is 4.90 Å². The van der Waals surface area contributed by atoms with Crippen molar-refractivity contribution in [1.29, 1.82) is 0 Å². The first kappa shape index (κ1) is 15.5. The van der Waals surface area contributed by atoms with Crippen molar-refractivity contribution >= 4 is 28.0 Å². The van der Waals surface area contributed by atoms with Crippen LogP contribution in [0, 0.1) is 5.92 Å². The average Bonchev–Trinajstić information content (AvgIpc) is 2.82. The third-order valence-electron chi connectivity index (χ3n) is 5.57. The highest BCUT2D eigenvalue weighted by Gasteiger charge is 2.38. The molecular formula is C18H23BrN2O2. The molecule has 0 spiro atoms. The highest BCUT2D eigenvalue weighted by molar-refractivity contribution is 9.10. The lowest BCUT2D eigenvalue weighted by atomic mass is 9.83. The summed E-state index contributed by atoms with van der Waals surface area (Å²) < 4.78 is 7.09. The highest BCUT2D eigenvalue weighted by atomic mass is 79.9. The molecule has 0 N–H and O–H groups in total. The molecule has 0 radical (unpaired) electrons. The maximum Gasteiger partial charge on any atom is 0.214 e. The van der Waals surface area contributed by atoms with Crippen LogP contribution in [0.2, 0.25) is 0 Å². The van der Waals surface area contributed by atoms with Crippen LogP contribution >= 0.6 is 15.9 Å². The number of piperidine rings is 3. The Bertz CT molecular complexity index is 599. The summed E-state index contributed by atoms with van der Waals surface area (Å²) in [6.07, 6.45) is 6.66. The Morgan fingerprint density at radius 1 is 1.26 bits per heavy atom. The van der Waals surface area contributed by atoms with Crippen LogP contribution in [0.3, 0.4) is 0 Å². The zero-order valence-electron chi connectivity index (χ0n) is 13.3. The highest BCUT2D eigenvalue weighted by Crippen LogP contribution is 2.41. The molecule has 5 rings (SSSR count). The van der Waals surface area contributed by atoms with E-state index in [2.05, 4.69) is 33.0 Å². The van der Waals surface area contributed by atoms with E-state index in [0.717, 1.165) is 54.7 Å². The lowest BCUT2D eigenvalue weighted by Crippen LogP contribution is -2.57. The Hall–Kier alpha value is -1.07. The van der Waals surface area contributed by atoms with Gasteiger partial charge in [-0.25, -0.2) is 0 Å². The zero-order chi connectivity index (χ0) is 15.8. The molecule has 4 aliphatic rings. The quantitative estimate of drug-likeness (QED) is 0.757. The summed E-state index contributed by atoms with van der Waals surface area (Å²) in [4.78, 5) is 16.4. The van der Waals surface area contributed by atoms with Gasteiger partial charge in [0.1, 0.15) is 5.75 Å². The maximum atomic E-state index is 12.0. The summed E-state index contributed by atoms with van der Waals surface area (Å²) in [6, 6.07) is 4.47. The Kier molecular flexibility index (Phi) is 4.33. The largest absolute Gasteiger partial charge is 0.491 e. The van der Waals surface area contributed by atoms with Crippen molar-refractivity contribution in [1.82, 2.24) is 4.90 Å². The fourth-order valence-corrected chi connectivity index (χ4v) is 4.83. The lowest BCUT2D eigenvalue weighted by molar-refractivity contribution is -0.108. The SMILES string of the molecule is O=CN(c1cc(Br)cc2c1OCCCC2)C1CN2CCC1CC2. The van der Waals surface area contributed by atoms with E-state index >= 15 is 0 Å². The van der Waals surface area contributed by atoms with Gasteiger partial charge in [0, 0.05) is 11.0 Å². The minimum Gasteiger partial charge on any atom is -0.491 e. The van der Waals surface area contributed by atoms with Crippen molar-refractivity contribution in [3.63, 3.8) is 0 Å². The van der Waals surface area contributed by atoms with Crippen molar-refractivity contribution in [2.45, 2.75) is 38.1 Å². The van der Waals surface area contributed by atoms with E-state index < -0.39 is 0 Å². The van der Waals surface area contributed by atoms with Gasteiger partial charge in [0.25, 0.3) is 0 Å². The second-order valence-corrected chi connectivity index (χ2v) is 7.85. The molecule has 3 saturated heterocycles. The number of halogens is 1. The van der Waals surface area contributed by atoms with Gasteiger partial charge in [-0.05, 0) is 68.8 Å². The molecule has 4 nitrogen and oxygen atoms in total. The third kappa shape index (κ3) is 2.89. The predicted molar refractivity (Wildman–Crippen MR) is 94.1 cm³/mol. The van der Waals surface area contributed by atoms with Crippen LogP contribution in [-0.4, -0.2) is 43.6 Å². The molecular weight excluding hydrogens is 356 g/mol. The molecule has 3 fully saturated rings. The number of hydrogen-bond donors (Lipinski definition) is 0. The summed E-state index contributed by atoms with van der Waals surface area (Å²) >= 11 is 3.62. The van der Waals surface area contributed by atoms with Crippen LogP contribution in [0.4, 0.5) is 5.69 Å². The first-order valence-corrected chi connectivity index (χ1v) is 9.47. The second kappa shape index (κ2) is 6.44. The van der Waals surface area contributed by atoms with Gasteiger partial charge in [-0.1, -0.05) is 15.9 Å². The standard InChI is InChI=1S/C18H23BrN2O2/c19-15-9-14-3-1-2-8-23-18(14)16(10-15)21(12-22)17-11-20-6-4-13(17)5-7-20/h9-10,12-13,17H,1-8,11H2. The monoisotopic (exact) mass is 378 g/mol. The first-order valence-electron chi connectivity index (χ1n) is 8.67. The fourth-order valence-electron chi connectivity index (χ4n) is 4.33.